The summed E-state index contributed by atoms with van der Waals surface area (Å²) in [5.74, 6) is -0.328. The van der Waals surface area contributed by atoms with Crippen LogP contribution in [0.5, 0.6) is 0 Å². The molecule has 1 aromatic rings. The van der Waals surface area contributed by atoms with Crippen LogP contribution in [0.1, 0.15) is 24.8 Å². The number of benzene rings is 1. The topological polar surface area (TPSA) is 46.6 Å². The molecular formula is C15H18BrNO3. The highest BCUT2D eigenvalue weighted by Crippen LogP contribution is 2.20. The van der Waals surface area contributed by atoms with Gasteiger partial charge in [-0.2, -0.15) is 0 Å². The van der Waals surface area contributed by atoms with E-state index in [1.807, 2.05) is 24.3 Å². The Hall–Kier alpha value is -1.36. The van der Waals surface area contributed by atoms with Crippen molar-refractivity contribution in [1.82, 2.24) is 4.90 Å². The Bertz CT molecular complexity index is 504. The van der Waals surface area contributed by atoms with Crippen LogP contribution in [0.15, 0.2) is 28.7 Å². The molecule has 0 aliphatic carbocycles. The van der Waals surface area contributed by atoms with Gasteiger partial charge in [-0.1, -0.05) is 28.1 Å². The van der Waals surface area contributed by atoms with Gasteiger partial charge < -0.3 is 9.64 Å². The number of carbonyl (C=O) groups is 2. The lowest BCUT2D eigenvalue weighted by molar-refractivity contribution is -0.154. The molecule has 5 heteroatoms. The Labute approximate surface area is 127 Å². The summed E-state index contributed by atoms with van der Waals surface area (Å²) in [7, 11) is 1.37. The zero-order chi connectivity index (χ0) is 14.5. The number of likely N-dealkylation sites (tertiary alicyclic amines) is 1. The number of amides is 1. The van der Waals surface area contributed by atoms with E-state index < -0.39 is 6.04 Å². The van der Waals surface area contributed by atoms with Crippen LogP contribution in [-0.4, -0.2) is 36.5 Å². The fourth-order valence-electron chi connectivity index (χ4n) is 2.53. The fraction of sp³-hybridized carbons (Fsp3) is 0.467. The van der Waals surface area contributed by atoms with E-state index >= 15 is 0 Å². The Morgan fingerprint density at radius 2 is 2.20 bits per heavy atom. The van der Waals surface area contributed by atoms with Crippen molar-refractivity contribution in [3.8, 4) is 0 Å². The monoisotopic (exact) mass is 339 g/mol. The zero-order valence-corrected chi connectivity index (χ0v) is 13.1. The largest absolute Gasteiger partial charge is 0.467 e. The van der Waals surface area contributed by atoms with Crippen molar-refractivity contribution in [2.24, 2.45) is 0 Å². The normalized spacial score (nSPS) is 18.7. The third-order valence-corrected chi connectivity index (χ3v) is 4.03. The smallest absolute Gasteiger partial charge is 0.328 e. The minimum atomic E-state index is -0.423. The molecule has 1 aromatic carbocycles. The van der Waals surface area contributed by atoms with Crippen LogP contribution in [0.4, 0.5) is 0 Å². The van der Waals surface area contributed by atoms with E-state index in [2.05, 4.69) is 15.9 Å². The molecule has 0 unspecified atom stereocenters. The van der Waals surface area contributed by atoms with Gasteiger partial charge in [-0.25, -0.2) is 4.79 Å². The lowest BCUT2D eigenvalue weighted by atomic mass is 10.0. The average molecular weight is 340 g/mol. The van der Waals surface area contributed by atoms with Crippen molar-refractivity contribution in [2.75, 3.05) is 13.7 Å². The van der Waals surface area contributed by atoms with Gasteiger partial charge in [-0.3, -0.25) is 4.79 Å². The Kier molecular flexibility index (Phi) is 5.17. The predicted octanol–water partition coefficient (Wildman–Crippen LogP) is 2.55. The molecular weight excluding hydrogens is 322 g/mol. The number of methoxy groups -OCH3 is 1. The van der Waals surface area contributed by atoms with E-state index in [1.54, 1.807) is 4.90 Å². The number of hydrogen-bond donors (Lipinski definition) is 0. The number of esters is 1. The summed E-state index contributed by atoms with van der Waals surface area (Å²) >= 11 is 3.40. The molecule has 20 heavy (non-hydrogen) atoms. The van der Waals surface area contributed by atoms with E-state index in [1.165, 1.54) is 7.11 Å². The van der Waals surface area contributed by atoms with Crippen molar-refractivity contribution in [3.63, 3.8) is 0 Å². The Balaban J connectivity index is 2.08. The van der Waals surface area contributed by atoms with Gasteiger partial charge in [0.15, 0.2) is 0 Å². The van der Waals surface area contributed by atoms with E-state index in [4.69, 9.17) is 4.74 Å². The van der Waals surface area contributed by atoms with Crippen LogP contribution in [0.2, 0.25) is 0 Å². The van der Waals surface area contributed by atoms with Gasteiger partial charge >= 0.3 is 5.97 Å². The summed E-state index contributed by atoms with van der Waals surface area (Å²) in [6.45, 7) is 0.632. The SMILES string of the molecule is COC(=O)[C@H]1CCCCN1C(=O)Cc1cccc(Br)c1. The van der Waals surface area contributed by atoms with Crippen molar-refractivity contribution in [1.29, 1.82) is 0 Å². The van der Waals surface area contributed by atoms with Crippen LogP contribution in [-0.2, 0) is 20.7 Å². The van der Waals surface area contributed by atoms with Gasteiger partial charge in [-0.05, 0) is 37.0 Å². The maximum Gasteiger partial charge on any atom is 0.328 e. The molecule has 1 aliphatic rings. The van der Waals surface area contributed by atoms with E-state index in [9.17, 15) is 9.59 Å². The van der Waals surface area contributed by atoms with E-state index in [0.717, 1.165) is 22.9 Å². The summed E-state index contributed by atoms with van der Waals surface area (Å²) in [6.07, 6.45) is 2.90. The first-order valence-electron chi connectivity index (χ1n) is 6.73. The molecule has 1 saturated heterocycles. The molecule has 1 heterocycles. The zero-order valence-electron chi connectivity index (χ0n) is 11.5. The van der Waals surface area contributed by atoms with Gasteiger partial charge in [0.1, 0.15) is 6.04 Å². The summed E-state index contributed by atoms with van der Waals surface area (Å²) in [4.78, 5) is 25.8. The standard InChI is InChI=1S/C15H18BrNO3/c1-20-15(19)13-7-2-3-8-17(13)14(18)10-11-5-4-6-12(16)9-11/h4-6,9,13H,2-3,7-8,10H2,1H3/t13-/m1/s1. The number of piperidine rings is 1. The fourth-order valence-corrected chi connectivity index (χ4v) is 2.98. The van der Waals surface area contributed by atoms with Gasteiger partial charge in [0.2, 0.25) is 5.91 Å². The molecule has 0 bridgehead atoms. The highest BCUT2D eigenvalue weighted by atomic mass is 79.9. The molecule has 1 amide bonds. The predicted molar refractivity (Wildman–Crippen MR) is 79.2 cm³/mol. The number of nitrogens with zero attached hydrogens (tertiary/aromatic N) is 1. The summed E-state index contributed by atoms with van der Waals surface area (Å²) < 4.78 is 5.75. The summed E-state index contributed by atoms with van der Waals surface area (Å²) in [6, 6.07) is 7.25. The minimum absolute atomic E-state index is 0.0156. The molecule has 4 nitrogen and oxygen atoms in total. The maximum atomic E-state index is 12.4. The average Bonchev–Trinajstić information content (AvgIpc) is 2.46. The van der Waals surface area contributed by atoms with Gasteiger partial charge in [0.25, 0.3) is 0 Å². The third-order valence-electron chi connectivity index (χ3n) is 3.54. The highest BCUT2D eigenvalue weighted by molar-refractivity contribution is 9.10. The Morgan fingerprint density at radius 3 is 2.90 bits per heavy atom. The molecule has 2 rings (SSSR count). The first-order valence-corrected chi connectivity index (χ1v) is 7.53. The van der Waals surface area contributed by atoms with Crippen molar-refractivity contribution >= 4 is 27.8 Å². The van der Waals surface area contributed by atoms with Crippen molar-refractivity contribution in [2.45, 2.75) is 31.7 Å². The molecule has 0 radical (unpaired) electrons. The number of halogens is 1. The summed E-state index contributed by atoms with van der Waals surface area (Å²) in [5.41, 5.74) is 0.943. The van der Waals surface area contributed by atoms with Crippen LogP contribution in [0.25, 0.3) is 0 Å². The van der Waals surface area contributed by atoms with Crippen molar-refractivity contribution in [3.05, 3.63) is 34.3 Å². The molecule has 0 aromatic heterocycles. The molecule has 108 valence electrons. The molecule has 1 atom stereocenters. The van der Waals surface area contributed by atoms with Crippen molar-refractivity contribution < 1.29 is 14.3 Å². The second kappa shape index (κ2) is 6.88. The number of ether oxygens (including phenoxy) is 1. The molecule has 1 aliphatic heterocycles. The summed E-state index contributed by atoms with van der Waals surface area (Å²) in [5, 5.41) is 0. The van der Waals surface area contributed by atoms with Crippen LogP contribution in [0.3, 0.4) is 0 Å². The number of hydrogen-bond acceptors (Lipinski definition) is 3. The maximum absolute atomic E-state index is 12.4. The highest BCUT2D eigenvalue weighted by Gasteiger charge is 2.32. The number of rotatable bonds is 3. The second-order valence-corrected chi connectivity index (χ2v) is 5.84. The van der Waals surface area contributed by atoms with Crippen LogP contribution in [0, 0.1) is 0 Å². The Morgan fingerprint density at radius 1 is 1.40 bits per heavy atom. The third kappa shape index (κ3) is 3.60. The second-order valence-electron chi connectivity index (χ2n) is 4.93. The van der Waals surface area contributed by atoms with Crippen LogP contribution >= 0.6 is 15.9 Å². The molecule has 0 spiro atoms. The lowest BCUT2D eigenvalue weighted by Crippen LogP contribution is -2.49. The van der Waals surface area contributed by atoms with Gasteiger partial charge in [0.05, 0.1) is 13.5 Å². The quantitative estimate of drug-likeness (QED) is 0.795. The molecule has 1 fully saturated rings. The molecule has 0 N–H and O–H groups in total. The minimum Gasteiger partial charge on any atom is -0.467 e. The van der Waals surface area contributed by atoms with E-state index in [0.29, 0.717) is 19.4 Å². The number of carbonyl (C=O) groups excluding carboxylic acids is 2. The van der Waals surface area contributed by atoms with Gasteiger partial charge in [-0.15, -0.1) is 0 Å². The first-order chi connectivity index (χ1) is 9.61. The van der Waals surface area contributed by atoms with Crippen LogP contribution < -0.4 is 0 Å². The van der Waals surface area contributed by atoms with Gasteiger partial charge in [0, 0.05) is 11.0 Å². The van der Waals surface area contributed by atoms with E-state index in [-0.39, 0.29) is 11.9 Å². The molecule has 0 saturated carbocycles. The first kappa shape index (κ1) is 15.0. The lowest BCUT2D eigenvalue weighted by Gasteiger charge is -2.33.